The van der Waals surface area contributed by atoms with E-state index in [-0.39, 0.29) is 12.5 Å². The highest BCUT2D eigenvalue weighted by Gasteiger charge is 2.23. The zero-order valence-electron chi connectivity index (χ0n) is 10.3. The molecule has 5 nitrogen and oxygen atoms in total. The van der Waals surface area contributed by atoms with Gasteiger partial charge in [0.05, 0.1) is 6.42 Å². The number of urea groups is 1. The van der Waals surface area contributed by atoms with E-state index in [1.165, 1.54) is 0 Å². The molecule has 0 saturated carbocycles. The van der Waals surface area contributed by atoms with E-state index in [9.17, 15) is 9.59 Å². The van der Waals surface area contributed by atoms with Crippen LogP contribution in [0.25, 0.3) is 0 Å². The SMILES string of the molecule is CC(C)=CCNC(=O)NC(C)(C)CC(=O)O. The molecule has 0 saturated heterocycles. The first-order valence-electron chi connectivity index (χ1n) is 5.14. The molecule has 0 aromatic carbocycles. The molecule has 0 bridgehead atoms. The molecule has 0 aliphatic rings. The van der Waals surface area contributed by atoms with Crippen LogP contribution in [0.1, 0.15) is 34.1 Å². The zero-order valence-corrected chi connectivity index (χ0v) is 10.3. The first-order chi connectivity index (χ1) is 7.23. The highest BCUT2D eigenvalue weighted by molar-refractivity contribution is 5.76. The summed E-state index contributed by atoms with van der Waals surface area (Å²) in [6.45, 7) is 7.66. The summed E-state index contributed by atoms with van der Waals surface area (Å²) in [5.74, 6) is -0.936. The first kappa shape index (κ1) is 14.5. The Labute approximate surface area is 95.9 Å². The van der Waals surface area contributed by atoms with Crippen LogP contribution in [0.3, 0.4) is 0 Å². The van der Waals surface area contributed by atoms with Gasteiger partial charge < -0.3 is 15.7 Å². The van der Waals surface area contributed by atoms with E-state index in [0.29, 0.717) is 6.54 Å². The maximum Gasteiger partial charge on any atom is 0.315 e. The molecule has 0 aliphatic heterocycles. The lowest BCUT2D eigenvalue weighted by Crippen LogP contribution is -2.49. The molecule has 92 valence electrons. The summed E-state index contributed by atoms with van der Waals surface area (Å²) in [5, 5.41) is 13.9. The summed E-state index contributed by atoms with van der Waals surface area (Å²) in [4.78, 5) is 21.9. The van der Waals surface area contributed by atoms with E-state index >= 15 is 0 Å². The Morgan fingerprint density at radius 3 is 2.31 bits per heavy atom. The van der Waals surface area contributed by atoms with Crippen molar-refractivity contribution in [2.75, 3.05) is 6.54 Å². The van der Waals surface area contributed by atoms with Crippen molar-refractivity contribution in [2.45, 2.75) is 39.7 Å². The van der Waals surface area contributed by atoms with E-state index in [0.717, 1.165) is 5.57 Å². The molecule has 0 fully saturated rings. The van der Waals surface area contributed by atoms with Crippen molar-refractivity contribution in [2.24, 2.45) is 0 Å². The van der Waals surface area contributed by atoms with E-state index in [1.54, 1.807) is 13.8 Å². The van der Waals surface area contributed by atoms with Gasteiger partial charge in [-0.3, -0.25) is 4.79 Å². The summed E-state index contributed by atoms with van der Waals surface area (Å²) < 4.78 is 0. The Morgan fingerprint density at radius 1 is 1.31 bits per heavy atom. The third-order valence-corrected chi connectivity index (χ3v) is 1.82. The molecule has 0 heterocycles. The molecule has 0 aliphatic carbocycles. The molecule has 0 radical (unpaired) electrons. The molecule has 0 aromatic heterocycles. The standard InChI is InChI=1S/C11H20N2O3/c1-8(2)5-6-12-10(16)13-11(3,4)7-9(14)15/h5H,6-7H2,1-4H3,(H,14,15)(H2,12,13,16). The van der Waals surface area contributed by atoms with Gasteiger partial charge in [0, 0.05) is 12.1 Å². The number of rotatable bonds is 5. The molecular weight excluding hydrogens is 208 g/mol. The summed E-state index contributed by atoms with van der Waals surface area (Å²) in [5.41, 5.74) is 0.367. The molecule has 2 amide bonds. The average Bonchev–Trinajstić information content (AvgIpc) is 1.98. The maximum atomic E-state index is 11.4. The highest BCUT2D eigenvalue weighted by atomic mass is 16.4. The van der Waals surface area contributed by atoms with Crippen LogP contribution in [-0.4, -0.2) is 29.2 Å². The first-order valence-corrected chi connectivity index (χ1v) is 5.14. The van der Waals surface area contributed by atoms with Crippen LogP contribution >= 0.6 is 0 Å². The van der Waals surface area contributed by atoms with Gasteiger partial charge in [-0.1, -0.05) is 11.6 Å². The minimum Gasteiger partial charge on any atom is -0.481 e. The number of nitrogens with one attached hydrogen (secondary N) is 2. The maximum absolute atomic E-state index is 11.4. The van der Waals surface area contributed by atoms with Crippen molar-refractivity contribution >= 4 is 12.0 Å². The lowest BCUT2D eigenvalue weighted by Gasteiger charge is -2.24. The van der Waals surface area contributed by atoms with Crippen molar-refractivity contribution in [1.29, 1.82) is 0 Å². The van der Waals surface area contributed by atoms with Gasteiger partial charge in [-0.15, -0.1) is 0 Å². The monoisotopic (exact) mass is 228 g/mol. The van der Waals surface area contributed by atoms with Crippen LogP contribution < -0.4 is 10.6 Å². The third-order valence-electron chi connectivity index (χ3n) is 1.82. The van der Waals surface area contributed by atoms with Gasteiger partial charge in [0.25, 0.3) is 0 Å². The fraction of sp³-hybridized carbons (Fsp3) is 0.636. The lowest BCUT2D eigenvalue weighted by molar-refractivity contribution is -0.138. The molecule has 0 unspecified atom stereocenters. The topological polar surface area (TPSA) is 78.4 Å². The second-order valence-corrected chi connectivity index (χ2v) is 4.57. The number of carboxylic acid groups (broad SMARTS) is 1. The van der Waals surface area contributed by atoms with Crippen LogP contribution in [0.15, 0.2) is 11.6 Å². The molecule has 0 spiro atoms. The minimum absolute atomic E-state index is 0.108. The molecule has 0 atom stereocenters. The zero-order chi connectivity index (χ0) is 12.8. The van der Waals surface area contributed by atoms with Crippen LogP contribution in [0.5, 0.6) is 0 Å². The fourth-order valence-corrected chi connectivity index (χ4v) is 1.12. The number of amides is 2. The number of carbonyl (C=O) groups excluding carboxylic acids is 1. The Bertz CT molecular complexity index is 292. The predicted octanol–water partition coefficient (Wildman–Crippen LogP) is 1.51. The molecule has 0 aromatic rings. The Kier molecular flexibility index (Phi) is 5.56. The lowest BCUT2D eigenvalue weighted by atomic mass is 10.0. The number of carboxylic acids is 1. The van der Waals surface area contributed by atoms with Gasteiger partial charge in [0.1, 0.15) is 0 Å². The van der Waals surface area contributed by atoms with Crippen molar-refractivity contribution in [3.8, 4) is 0 Å². The van der Waals surface area contributed by atoms with Gasteiger partial charge in [-0.2, -0.15) is 0 Å². The quantitative estimate of drug-likeness (QED) is 0.624. The third kappa shape index (κ3) is 7.84. The van der Waals surface area contributed by atoms with E-state index < -0.39 is 11.5 Å². The van der Waals surface area contributed by atoms with Crippen LogP contribution in [0.2, 0.25) is 0 Å². The average molecular weight is 228 g/mol. The Hall–Kier alpha value is -1.52. The number of carbonyl (C=O) groups is 2. The van der Waals surface area contributed by atoms with Crippen LogP contribution in [0, 0.1) is 0 Å². The van der Waals surface area contributed by atoms with Crippen molar-refractivity contribution in [1.82, 2.24) is 10.6 Å². The smallest absolute Gasteiger partial charge is 0.315 e. The second kappa shape index (κ2) is 6.15. The molecular formula is C11H20N2O3. The van der Waals surface area contributed by atoms with Gasteiger partial charge in [0.2, 0.25) is 0 Å². The van der Waals surface area contributed by atoms with Gasteiger partial charge in [-0.05, 0) is 27.7 Å². The largest absolute Gasteiger partial charge is 0.481 e. The van der Waals surface area contributed by atoms with E-state index in [2.05, 4.69) is 10.6 Å². The van der Waals surface area contributed by atoms with Crippen molar-refractivity contribution in [3.63, 3.8) is 0 Å². The summed E-state index contributed by atoms with van der Waals surface area (Å²) in [6, 6.07) is -0.358. The summed E-state index contributed by atoms with van der Waals surface area (Å²) in [6.07, 6.45) is 1.77. The Morgan fingerprint density at radius 2 is 1.88 bits per heavy atom. The van der Waals surface area contributed by atoms with Crippen molar-refractivity contribution in [3.05, 3.63) is 11.6 Å². The predicted molar refractivity (Wildman–Crippen MR) is 62.3 cm³/mol. The number of allylic oxidation sites excluding steroid dienone is 1. The molecule has 16 heavy (non-hydrogen) atoms. The van der Waals surface area contributed by atoms with Crippen molar-refractivity contribution < 1.29 is 14.7 Å². The van der Waals surface area contributed by atoms with E-state index in [1.807, 2.05) is 19.9 Å². The van der Waals surface area contributed by atoms with Gasteiger partial charge in [-0.25, -0.2) is 4.79 Å². The molecule has 5 heteroatoms. The summed E-state index contributed by atoms with van der Waals surface area (Å²) >= 11 is 0. The van der Waals surface area contributed by atoms with E-state index in [4.69, 9.17) is 5.11 Å². The molecule has 3 N–H and O–H groups in total. The second-order valence-electron chi connectivity index (χ2n) is 4.57. The normalized spacial score (nSPS) is 10.5. The van der Waals surface area contributed by atoms with Gasteiger partial charge in [0.15, 0.2) is 0 Å². The number of hydrogen-bond donors (Lipinski definition) is 3. The number of hydrogen-bond acceptors (Lipinski definition) is 2. The fourth-order valence-electron chi connectivity index (χ4n) is 1.12. The minimum atomic E-state index is -0.936. The van der Waals surface area contributed by atoms with Gasteiger partial charge >= 0.3 is 12.0 Å². The number of aliphatic carboxylic acids is 1. The summed E-state index contributed by atoms with van der Waals surface area (Å²) in [7, 11) is 0. The Balaban J connectivity index is 4.04. The highest BCUT2D eigenvalue weighted by Crippen LogP contribution is 2.07. The molecule has 0 rings (SSSR count). The van der Waals surface area contributed by atoms with Crippen LogP contribution in [-0.2, 0) is 4.79 Å². The van der Waals surface area contributed by atoms with Crippen LogP contribution in [0.4, 0.5) is 4.79 Å².